The molecule has 4 aromatic rings. The number of benzene rings is 2. The number of hydrogen-bond acceptors (Lipinski definition) is 7. The maximum atomic E-state index is 13.1. The van der Waals surface area contributed by atoms with Crippen molar-refractivity contribution < 1.29 is 27.5 Å². The molecule has 1 aliphatic carbocycles. The number of carbonyl (C=O) groups excluding carboxylic acids is 1. The zero-order chi connectivity index (χ0) is 29.2. The minimum atomic E-state index is -4.58. The smallest absolute Gasteiger partial charge is 0.383 e. The van der Waals surface area contributed by atoms with Gasteiger partial charge in [0.15, 0.2) is 0 Å². The van der Waals surface area contributed by atoms with Gasteiger partial charge in [0.25, 0.3) is 0 Å². The van der Waals surface area contributed by atoms with Gasteiger partial charge in [0.05, 0.1) is 4.88 Å². The van der Waals surface area contributed by atoms with Crippen LogP contribution in [0.2, 0.25) is 0 Å². The summed E-state index contributed by atoms with van der Waals surface area (Å²) in [6.07, 6.45) is -0.117. The number of hydrogen-bond donors (Lipinski definition) is 3. The highest BCUT2D eigenvalue weighted by Gasteiger charge is 2.39. The molecular weight excluding hydrogens is 558 g/mol. The molecule has 214 valence electrons. The van der Waals surface area contributed by atoms with Crippen molar-refractivity contribution >= 4 is 28.9 Å². The van der Waals surface area contributed by atoms with Crippen molar-refractivity contribution in [2.24, 2.45) is 5.92 Å². The predicted molar refractivity (Wildman–Crippen MR) is 147 cm³/mol. The van der Waals surface area contributed by atoms with E-state index in [9.17, 15) is 27.5 Å². The van der Waals surface area contributed by atoms with E-state index in [4.69, 9.17) is 0 Å². The molecule has 2 heterocycles. The standard InChI is InChI=1S/C29H27F4N5O2S/c1-17-12-20(14-22(13-17)37-27-34-11-8-24(38-27)29(31,32)33)23-16-36-26(41-23)28(40)9-6-19(7-10-28)25(39)35-15-18-2-4-21(30)5-3-18/h2-5,8,11-14,16,19,40H,6-7,9-10,15H2,1H3,(H,35,39)(H,34,37,38). The van der Waals surface area contributed by atoms with Gasteiger partial charge < -0.3 is 15.7 Å². The molecule has 1 fully saturated rings. The van der Waals surface area contributed by atoms with Gasteiger partial charge in [-0.25, -0.2) is 19.3 Å². The van der Waals surface area contributed by atoms with E-state index in [0.717, 1.165) is 33.8 Å². The third kappa shape index (κ3) is 6.88. The lowest BCUT2D eigenvalue weighted by Crippen LogP contribution is -2.38. The Bertz CT molecular complexity index is 1530. The van der Waals surface area contributed by atoms with Crippen LogP contribution in [-0.2, 0) is 23.1 Å². The second-order valence-electron chi connectivity index (χ2n) is 10.2. The first kappa shape index (κ1) is 28.6. The van der Waals surface area contributed by atoms with Crippen LogP contribution in [0.3, 0.4) is 0 Å². The molecule has 41 heavy (non-hydrogen) atoms. The number of rotatable bonds is 7. The van der Waals surface area contributed by atoms with Crippen molar-refractivity contribution in [2.75, 3.05) is 5.32 Å². The average molecular weight is 586 g/mol. The summed E-state index contributed by atoms with van der Waals surface area (Å²) in [6.45, 7) is 2.17. The molecule has 2 aromatic carbocycles. The van der Waals surface area contributed by atoms with Gasteiger partial charge in [-0.2, -0.15) is 13.2 Å². The lowest BCUT2D eigenvalue weighted by Gasteiger charge is -2.33. The molecule has 1 aliphatic rings. The fourth-order valence-electron chi connectivity index (χ4n) is 4.83. The summed E-state index contributed by atoms with van der Waals surface area (Å²) in [5, 5.41) is 17.7. The number of thiazole rings is 1. The number of anilines is 2. The fraction of sp³-hybridized carbons (Fsp3) is 0.310. The van der Waals surface area contributed by atoms with Gasteiger partial charge >= 0.3 is 6.18 Å². The Morgan fingerprint density at radius 1 is 1.10 bits per heavy atom. The number of amides is 1. The molecule has 7 nitrogen and oxygen atoms in total. The van der Waals surface area contributed by atoms with Crippen molar-refractivity contribution in [3.8, 4) is 10.4 Å². The van der Waals surface area contributed by atoms with Crippen LogP contribution in [0.25, 0.3) is 10.4 Å². The Hall–Kier alpha value is -3.90. The summed E-state index contributed by atoms with van der Waals surface area (Å²) in [5.41, 5.74) is 0.758. The first-order valence-electron chi connectivity index (χ1n) is 13.0. The van der Waals surface area contributed by atoms with Crippen molar-refractivity contribution in [1.29, 1.82) is 0 Å². The summed E-state index contributed by atoms with van der Waals surface area (Å²) in [5.74, 6) is -0.838. The Balaban J connectivity index is 1.23. The number of aromatic nitrogens is 3. The molecule has 0 aliphatic heterocycles. The van der Waals surface area contributed by atoms with E-state index in [2.05, 4.69) is 25.6 Å². The van der Waals surface area contributed by atoms with E-state index >= 15 is 0 Å². The van der Waals surface area contributed by atoms with Crippen LogP contribution < -0.4 is 10.6 Å². The first-order chi connectivity index (χ1) is 19.5. The largest absolute Gasteiger partial charge is 0.433 e. The molecule has 2 aromatic heterocycles. The molecule has 5 rings (SSSR count). The highest BCUT2D eigenvalue weighted by atomic mass is 32.1. The first-order valence-corrected chi connectivity index (χ1v) is 13.8. The van der Waals surface area contributed by atoms with E-state index < -0.39 is 17.5 Å². The summed E-state index contributed by atoms with van der Waals surface area (Å²) in [4.78, 5) is 25.4. The molecule has 3 N–H and O–H groups in total. The summed E-state index contributed by atoms with van der Waals surface area (Å²) < 4.78 is 52.2. The van der Waals surface area contributed by atoms with E-state index in [1.165, 1.54) is 23.5 Å². The fourth-order valence-corrected chi connectivity index (χ4v) is 5.88. The molecule has 0 spiro atoms. The zero-order valence-electron chi connectivity index (χ0n) is 22.0. The van der Waals surface area contributed by atoms with E-state index in [-0.39, 0.29) is 23.6 Å². The van der Waals surface area contributed by atoms with Gasteiger partial charge in [-0.15, -0.1) is 11.3 Å². The van der Waals surface area contributed by atoms with Gasteiger partial charge in [0.2, 0.25) is 11.9 Å². The normalized spacial score (nSPS) is 19.1. The highest BCUT2D eigenvalue weighted by Crippen LogP contribution is 2.43. The van der Waals surface area contributed by atoms with Crippen molar-refractivity contribution in [3.05, 3.63) is 88.6 Å². The molecular formula is C29H27F4N5O2S. The molecule has 0 saturated heterocycles. The average Bonchev–Trinajstić information content (AvgIpc) is 3.44. The van der Waals surface area contributed by atoms with Crippen molar-refractivity contribution in [3.63, 3.8) is 0 Å². The topological polar surface area (TPSA) is 100 Å². The zero-order valence-corrected chi connectivity index (χ0v) is 22.8. The second kappa shape index (κ2) is 11.5. The number of halogens is 4. The molecule has 12 heteroatoms. The highest BCUT2D eigenvalue weighted by molar-refractivity contribution is 7.15. The maximum absolute atomic E-state index is 13.1. The number of aliphatic hydroxyl groups is 1. The van der Waals surface area contributed by atoms with Crippen LogP contribution >= 0.6 is 11.3 Å². The van der Waals surface area contributed by atoms with Gasteiger partial charge in [0.1, 0.15) is 22.1 Å². The van der Waals surface area contributed by atoms with E-state index in [1.807, 2.05) is 13.0 Å². The molecule has 0 bridgehead atoms. The maximum Gasteiger partial charge on any atom is 0.433 e. The quantitative estimate of drug-likeness (QED) is 0.214. The van der Waals surface area contributed by atoms with E-state index in [0.29, 0.717) is 42.9 Å². The molecule has 0 atom stereocenters. The van der Waals surface area contributed by atoms with Crippen LogP contribution in [0, 0.1) is 18.7 Å². The molecule has 1 amide bonds. The number of nitrogens with zero attached hydrogens (tertiary/aromatic N) is 3. The summed E-state index contributed by atoms with van der Waals surface area (Å²) >= 11 is 1.34. The van der Waals surface area contributed by atoms with Gasteiger partial charge in [0, 0.05) is 30.5 Å². The number of nitrogens with one attached hydrogen (secondary N) is 2. The van der Waals surface area contributed by atoms with Crippen LogP contribution in [-0.4, -0.2) is 26.0 Å². The van der Waals surface area contributed by atoms with E-state index in [1.54, 1.807) is 30.5 Å². The minimum absolute atomic E-state index is 0.0965. The van der Waals surface area contributed by atoms with Crippen molar-refractivity contribution in [1.82, 2.24) is 20.3 Å². The van der Waals surface area contributed by atoms with Crippen LogP contribution in [0.5, 0.6) is 0 Å². The molecule has 0 radical (unpaired) electrons. The van der Waals surface area contributed by atoms with Crippen LogP contribution in [0.15, 0.2) is 60.9 Å². The lowest BCUT2D eigenvalue weighted by molar-refractivity contribution is -0.141. The minimum Gasteiger partial charge on any atom is -0.383 e. The Labute approximate surface area is 237 Å². The Morgan fingerprint density at radius 2 is 1.83 bits per heavy atom. The van der Waals surface area contributed by atoms with Crippen molar-refractivity contribution in [2.45, 2.75) is 50.9 Å². The second-order valence-corrected chi connectivity index (χ2v) is 11.2. The predicted octanol–water partition coefficient (Wildman–Crippen LogP) is 6.50. The third-order valence-corrected chi connectivity index (χ3v) is 8.27. The lowest BCUT2D eigenvalue weighted by atomic mass is 9.78. The number of carbonyl (C=O) groups is 1. The van der Waals surface area contributed by atoms with Crippen LogP contribution in [0.1, 0.15) is 47.5 Å². The van der Waals surface area contributed by atoms with Gasteiger partial charge in [-0.1, -0.05) is 18.2 Å². The molecule has 1 saturated carbocycles. The number of alkyl halides is 3. The monoisotopic (exact) mass is 585 g/mol. The van der Waals surface area contributed by atoms with Gasteiger partial charge in [-0.05, 0) is 79.6 Å². The van der Waals surface area contributed by atoms with Crippen LogP contribution in [0.4, 0.5) is 29.2 Å². The Kier molecular flexibility index (Phi) is 8.05. The number of aryl methyl sites for hydroxylation is 1. The summed E-state index contributed by atoms with van der Waals surface area (Å²) in [7, 11) is 0. The van der Waals surface area contributed by atoms with Gasteiger partial charge in [-0.3, -0.25) is 4.79 Å². The Morgan fingerprint density at radius 3 is 2.54 bits per heavy atom. The summed E-state index contributed by atoms with van der Waals surface area (Å²) in [6, 6.07) is 12.2. The third-order valence-electron chi connectivity index (χ3n) is 7.03. The molecule has 0 unspecified atom stereocenters. The SMILES string of the molecule is Cc1cc(Nc2nccc(C(F)(F)F)n2)cc(-c2cnc(C3(O)CCC(C(=O)NCc4ccc(F)cc4)CC3)s2)c1.